The molecule has 0 aliphatic heterocycles. The summed E-state index contributed by atoms with van der Waals surface area (Å²) in [5.41, 5.74) is 5.39. The van der Waals surface area contributed by atoms with E-state index >= 15 is 0 Å². The highest BCUT2D eigenvalue weighted by Crippen LogP contribution is 2.23. The highest BCUT2D eigenvalue weighted by Gasteiger charge is 2.12. The molecule has 3 aromatic rings. The van der Waals surface area contributed by atoms with Crippen molar-refractivity contribution in [3.8, 4) is 0 Å². The molecule has 5 nitrogen and oxygen atoms in total. The fraction of sp³-hybridized carbons (Fsp3) is 0.174. The van der Waals surface area contributed by atoms with Crippen LogP contribution in [0, 0.1) is 6.92 Å². The van der Waals surface area contributed by atoms with Crippen molar-refractivity contribution >= 4 is 28.8 Å². The van der Waals surface area contributed by atoms with Gasteiger partial charge in [0.25, 0.3) is 5.91 Å². The molecule has 2 N–H and O–H groups in total. The molecule has 0 fully saturated rings. The van der Waals surface area contributed by atoms with E-state index < -0.39 is 0 Å². The predicted molar refractivity (Wildman–Crippen MR) is 112 cm³/mol. The van der Waals surface area contributed by atoms with Crippen LogP contribution in [0.4, 0.5) is 17.1 Å². The molecule has 0 atom stereocenters. The zero-order valence-electron chi connectivity index (χ0n) is 16.2. The number of Topliss-reactive ketones (excluding diaryl/α,β-unsaturated/α-hetero) is 1. The lowest BCUT2D eigenvalue weighted by atomic mass is 10.1. The van der Waals surface area contributed by atoms with Gasteiger partial charge in [-0.1, -0.05) is 37.3 Å². The number of nitrogens with one attached hydrogen (secondary N) is 2. The van der Waals surface area contributed by atoms with Crippen molar-refractivity contribution in [1.82, 2.24) is 4.98 Å². The van der Waals surface area contributed by atoms with Crippen LogP contribution in [0.5, 0.6) is 0 Å². The number of aryl methyl sites for hydroxylation is 2. The highest BCUT2D eigenvalue weighted by molar-refractivity contribution is 6.04. The average Bonchev–Trinajstić information content (AvgIpc) is 2.69. The lowest BCUT2D eigenvalue weighted by Gasteiger charge is -2.13. The highest BCUT2D eigenvalue weighted by atomic mass is 16.2. The molecule has 1 heterocycles. The average molecular weight is 373 g/mol. The second kappa shape index (κ2) is 8.48. The Morgan fingerprint density at radius 3 is 2.50 bits per heavy atom. The summed E-state index contributed by atoms with van der Waals surface area (Å²) in [6.45, 7) is 5.56. The smallest absolute Gasteiger partial charge is 0.274 e. The first-order valence-corrected chi connectivity index (χ1v) is 9.22. The monoisotopic (exact) mass is 373 g/mol. The standard InChI is InChI=1S/C23H23N3O2/c1-4-17-8-5-7-15(2)22(17)26-23(28)21-14-20(11-12-24-21)25-19-10-6-9-18(13-19)16(3)27/h5-14H,4H2,1-3H3,(H,24,25)(H,26,28). The van der Waals surface area contributed by atoms with Crippen LogP contribution in [0.25, 0.3) is 0 Å². The van der Waals surface area contributed by atoms with E-state index in [9.17, 15) is 9.59 Å². The molecule has 0 spiro atoms. The number of amides is 1. The molecule has 0 saturated heterocycles. The number of pyridine rings is 1. The zero-order valence-corrected chi connectivity index (χ0v) is 16.2. The molecule has 0 aliphatic rings. The van der Waals surface area contributed by atoms with Crippen molar-refractivity contribution in [2.75, 3.05) is 10.6 Å². The van der Waals surface area contributed by atoms with E-state index in [1.807, 2.05) is 37.3 Å². The van der Waals surface area contributed by atoms with Crippen LogP contribution in [0.15, 0.2) is 60.8 Å². The Hall–Kier alpha value is -3.47. The zero-order chi connectivity index (χ0) is 20.1. The van der Waals surface area contributed by atoms with E-state index in [1.54, 1.807) is 30.5 Å². The molecule has 1 aromatic heterocycles. The number of anilines is 3. The van der Waals surface area contributed by atoms with Gasteiger partial charge in [0.15, 0.2) is 5.78 Å². The summed E-state index contributed by atoms with van der Waals surface area (Å²) in [4.78, 5) is 28.5. The Morgan fingerprint density at radius 2 is 1.75 bits per heavy atom. The first-order valence-electron chi connectivity index (χ1n) is 9.22. The number of nitrogens with zero attached hydrogens (tertiary/aromatic N) is 1. The first kappa shape index (κ1) is 19.3. The van der Waals surface area contributed by atoms with Crippen LogP contribution < -0.4 is 10.6 Å². The van der Waals surface area contributed by atoms with E-state index in [-0.39, 0.29) is 11.7 Å². The molecular weight excluding hydrogens is 350 g/mol. The Bertz CT molecular complexity index is 1030. The fourth-order valence-electron chi connectivity index (χ4n) is 2.99. The molecule has 0 saturated carbocycles. The minimum atomic E-state index is -0.259. The minimum Gasteiger partial charge on any atom is -0.355 e. The van der Waals surface area contributed by atoms with Gasteiger partial charge in [-0.2, -0.15) is 0 Å². The van der Waals surface area contributed by atoms with E-state index in [0.29, 0.717) is 11.3 Å². The van der Waals surface area contributed by atoms with Crippen molar-refractivity contribution in [2.24, 2.45) is 0 Å². The van der Waals surface area contributed by atoms with Gasteiger partial charge in [0.1, 0.15) is 5.69 Å². The van der Waals surface area contributed by atoms with Crippen LogP contribution in [0.1, 0.15) is 45.8 Å². The molecule has 0 radical (unpaired) electrons. The molecular formula is C23H23N3O2. The number of rotatable bonds is 6. The Balaban J connectivity index is 1.81. The van der Waals surface area contributed by atoms with Crippen molar-refractivity contribution in [1.29, 1.82) is 0 Å². The summed E-state index contributed by atoms with van der Waals surface area (Å²) in [5.74, 6) is -0.256. The largest absolute Gasteiger partial charge is 0.355 e. The third-order valence-electron chi connectivity index (χ3n) is 4.53. The molecule has 5 heteroatoms. The Morgan fingerprint density at radius 1 is 1.00 bits per heavy atom. The van der Waals surface area contributed by atoms with Crippen LogP contribution >= 0.6 is 0 Å². The number of aromatic nitrogens is 1. The van der Waals surface area contributed by atoms with Crippen LogP contribution in [-0.2, 0) is 6.42 Å². The molecule has 142 valence electrons. The summed E-state index contributed by atoms with van der Waals surface area (Å²) in [6.07, 6.45) is 2.42. The van der Waals surface area contributed by atoms with Gasteiger partial charge in [-0.25, -0.2) is 0 Å². The Labute approximate surface area is 164 Å². The number of ketones is 1. The van der Waals surface area contributed by atoms with E-state index in [1.165, 1.54) is 6.92 Å². The number of hydrogen-bond donors (Lipinski definition) is 2. The maximum atomic E-state index is 12.7. The number of para-hydroxylation sites is 1. The molecule has 3 rings (SSSR count). The van der Waals surface area contributed by atoms with Gasteiger partial charge in [-0.3, -0.25) is 14.6 Å². The number of carbonyl (C=O) groups is 2. The van der Waals surface area contributed by atoms with Crippen molar-refractivity contribution in [3.05, 3.63) is 83.2 Å². The maximum absolute atomic E-state index is 12.7. The normalized spacial score (nSPS) is 10.4. The van der Waals surface area contributed by atoms with E-state index in [4.69, 9.17) is 0 Å². The third-order valence-corrected chi connectivity index (χ3v) is 4.53. The fourth-order valence-corrected chi connectivity index (χ4v) is 2.99. The number of hydrogen-bond acceptors (Lipinski definition) is 4. The quantitative estimate of drug-likeness (QED) is 0.586. The van der Waals surface area contributed by atoms with Crippen molar-refractivity contribution in [2.45, 2.75) is 27.2 Å². The predicted octanol–water partition coefficient (Wildman–Crippen LogP) is 5.15. The number of benzene rings is 2. The van der Waals surface area contributed by atoms with Gasteiger partial charge in [0, 0.05) is 28.8 Å². The van der Waals surface area contributed by atoms with Gasteiger partial charge in [0.05, 0.1) is 0 Å². The lowest BCUT2D eigenvalue weighted by molar-refractivity contribution is 0.101. The molecule has 1 amide bonds. The third kappa shape index (κ3) is 4.43. The van der Waals surface area contributed by atoms with Crippen LogP contribution in [0.3, 0.4) is 0 Å². The summed E-state index contributed by atoms with van der Waals surface area (Å²) in [7, 11) is 0. The summed E-state index contributed by atoms with van der Waals surface area (Å²) in [5, 5.41) is 6.21. The topological polar surface area (TPSA) is 71.1 Å². The van der Waals surface area contributed by atoms with Crippen molar-refractivity contribution in [3.63, 3.8) is 0 Å². The minimum absolute atomic E-state index is 0.00315. The number of carbonyl (C=O) groups excluding carboxylic acids is 2. The summed E-state index contributed by atoms with van der Waals surface area (Å²) < 4.78 is 0. The van der Waals surface area contributed by atoms with Gasteiger partial charge in [-0.15, -0.1) is 0 Å². The van der Waals surface area contributed by atoms with Crippen LogP contribution in [-0.4, -0.2) is 16.7 Å². The Kier molecular flexibility index (Phi) is 5.84. The van der Waals surface area contributed by atoms with Gasteiger partial charge < -0.3 is 10.6 Å². The van der Waals surface area contributed by atoms with Gasteiger partial charge >= 0.3 is 0 Å². The SMILES string of the molecule is CCc1cccc(C)c1NC(=O)c1cc(Nc2cccc(C(C)=O)c2)ccn1. The molecule has 2 aromatic carbocycles. The maximum Gasteiger partial charge on any atom is 0.274 e. The van der Waals surface area contributed by atoms with Gasteiger partial charge in [-0.05, 0) is 55.7 Å². The second-order valence-corrected chi connectivity index (χ2v) is 6.61. The van der Waals surface area contributed by atoms with E-state index in [2.05, 4.69) is 22.5 Å². The summed E-state index contributed by atoms with van der Waals surface area (Å²) >= 11 is 0. The van der Waals surface area contributed by atoms with Gasteiger partial charge in [0.2, 0.25) is 0 Å². The van der Waals surface area contributed by atoms with Crippen molar-refractivity contribution < 1.29 is 9.59 Å². The van der Waals surface area contributed by atoms with E-state index in [0.717, 1.165) is 34.6 Å². The molecule has 0 bridgehead atoms. The second-order valence-electron chi connectivity index (χ2n) is 6.61. The first-order chi connectivity index (χ1) is 13.5. The molecule has 0 aliphatic carbocycles. The van der Waals surface area contributed by atoms with Crippen LogP contribution in [0.2, 0.25) is 0 Å². The lowest BCUT2D eigenvalue weighted by Crippen LogP contribution is -2.16. The molecule has 0 unspecified atom stereocenters. The summed E-state index contributed by atoms with van der Waals surface area (Å²) in [6, 6.07) is 16.7. The molecule has 28 heavy (non-hydrogen) atoms.